The fourth-order valence-electron chi connectivity index (χ4n) is 2.99. The maximum atomic E-state index is 12.5. The number of ether oxygens (including phenoxy) is 1. The summed E-state index contributed by atoms with van der Waals surface area (Å²) in [4.78, 5) is 32.7. The Balaban J connectivity index is 1.66. The van der Waals surface area contributed by atoms with Crippen LogP contribution in [0.15, 0.2) is 48.7 Å². The predicted molar refractivity (Wildman–Crippen MR) is 109 cm³/mol. The molecule has 1 aromatic heterocycles. The highest BCUT2D eigenvalue weighted by molar-refractivity contribution is 6.04. The lowest BCUT2D eigenvalue weighted by atomic mass is 10.2. The first-order valence-corrected chi connectivity index (χ1v) is 9.38. The van der Waals surface area contributed by atoms with Crippen molar-refractivity contribution in [2.24, 2.45) is 0 Å². The second-order valence-corrected chi connectivity index (χ2v) is 7.64. The molecule has 0 saturated carbocycles. The van der Waals surface area contributed by atoms with E-state index < -0.39 is 5.60 Å². The van der Waals surface area contributed by atoms with Crippen molar-refractivity contribution in [3.8, 4) is 0 Å². The summed E-state index contributed by atoms with van der Waals surface area (Å²) in [6.45, 7) is 8.05. The van der Waals surface area contributed by atoms with E-state index in [1.54, 1.807) is 29.3 Å². The number of pyridine rings is 1. The number of rotatable bonds is 3. The molecule has 7 nitrogen and oxygen atoms in total. The minimum absolute atomic E-state index is 0.250. The summed E-state index contributed by atoms with van der Waals surface area (Å²) in [5.74, 6) is -0.250. The van der Waals surface area contributed by atoms with Crippen molar-refractivity contribution in [3.05, 3.63) is 54.4 Å². The molecule has 0 aliphatic carbocycles. The Morgan fingerprint density at radius 3 is 2.32 bits per heavy atom. The molecule has 1 N–H and O–H groups in total. The van der Waals surface area contributed by atoms with Gasteiger partial charge in [0.2, 0.25) is 0 Å². The van der Waals surface area contributed by atoms with Crippen molar-refractivity contribution in [2.45, 2.75) is 26.4 Å². The maximum absolute atomic E-state index is 12.5. The average molecular weight is 382 g/mol. The molecular weight excluding hydrogens is 356 g/mol. The predicted octanol–water partition coefficient (Wildman–Crippen LogP) is 3.39. The molecule has 1 saturated heterocycles. The van der Waals surface area contributed by atoms with Crippen molar-refractivity contribution in [3.63, 3.8) is 0 Å². The Kier molecular flexibility index (Phi) is 5.82. The molecular formula is C21H26N4O3. The Morgan fingerprint density at radius 2 is 1.68 bits per heavy atom. The molecule has 0 bridgehead atoms. The van der Waals surface area contributed by atoms with Gasteiger partial charge >= 0.3 is 6.09 Å². The summed E-state index contributed by atoms with van der Waals surface area (Å²) in [7, 11) is 0. The molecule has 0 radical (unpaired) electrons. The second kappa shape index (κ2) is 8.29. The first kappa shape index (κ1) is 19.7. The normalized spacial score (nSPS) is 14.5. The van der Waals surface area contributed by atoms with Crippen LogP contribution in [-0.4, -0.2) is 53.7 Å². The van der Waals surface area contributed by atoms with E-state index in [2.05, 4.69) is 15.2 Å². The van der Waals surface area contributed by atoms with Crippen LogP contribution in [0.1, 0.15) is 31.3 Å². The van der Waals surface area contributed by atoms with Crippen molar-refractivity contribution >= 4 is 23.4 Å². The molecule has 0 atom stereocenters. The van der Waals surface area contributed by atoms with E-state index in [9.17, 15) is 9.59 Å². The molecule has 7 heteroatoms. The van der Waals surface area contributed by atoms with E-state index >= 15 is 0 Å². The van der Waals surface area contributed by atoms with Crippen LogP contribution in [0, 0.1) is 0 Å². The number of carbonyl (C=O) groups excluding carboxylic acids is 2. The Labute approximate surface area is 165 Å². The summed E-state index contributed by atoms with van der Waals surface area (Å²) in [6.07, 6.45) is 1.31. The van der Waals surface area contributed by atoms with Crippen LogP contribution in [0.2, 0.25) is 0 Å². The van der Waals surface area contributed by atoms with Crippen LogP contribution >= 0.6 is 0 Å². The number of hydrogen-bond acceptors (Lipinski definition) is 5. The minimum atomic E-state index is -0.503. The lowest BCUT2D eigenvalue weighted by Crippen LogP contribution is -2.50. The minimum Gasteiger partial charge on any atom is -0.444 e. The van der Waals surface area contributed by atoms with Crippen LogP contribution in [0.3, 0.4) is 0 Å². The fraction of sp³-hybridized carbons (Fsp3) is 0.381. The summed E-state index contributed by atoms with van der Waals surface area (Å²) >= 11 is 0. The van der Waals surface area contributed by atoms with E-state index in [1.165, 1.54) is 0 Å². The topological polar surface area (TPSA) is 74.8 Å². The van der Waals surface area contributed by atoms with Crippen LogP contribution < -0.4 is 10.2 Å². The van der Waals surface area contributed by atoms with Gasteiger partial charge in [0.25, 0.3) is 5.91 Å². The zero-order valence-corrected chi connectivity index (χ0v) is 16.5. The van der Waals surface area contributed by atoms with Gasteiger partial charge < -0.3 is 19.9 Å². The largest absolute Gasteiger partial charge is 0.444 e. The summed E-state index contributed by atoms with van der Waals surface area (Å²) in [6, 6.07) is 12.9. The van der Waals surface area contributed by atoms with Crippen LogP contribution in [-0.2, 0) is 4.74 Å². The highest BCUT2D eigenvalue weighted by atomic mass is 16.6. The third-order valence-corrected chi connectivity index (χ3v) is 4.32. The lowest BCUT2D eigenvalue weighted by Gasteiger charge is -2.37. The Bertz CT molecular complexity index is 825. The maximum Gasteiger partial charge on any atom is 0.410 e. The van der Waals surface area contributed by atoms with Gasteiger partial charge in [-0.05, 0) is 45.0 Å². The number of aromatic nitrogens is 1. The molecule has 2 amide bonds. The summed E-state index contributed by atoms with van der Waals surface area (Å²) in [5, 5.41) is 2.94. The Morgan fingerprint density at radius 1 is 1.00 bits per heavy atom. The fourth-order valence-corrected chi connectivity index (χ4v) is 2.99. The molecule has 28 heavy (non-hydrogen) atoms. The average Bonchev–Trinajstić information content (AvgIpc) is 2.68. The van der Waals surface area contributed by atoms with Gasteiger partial charge in [-0.3, -0.25) is 9.78 Å². The molecule has 1 fully saturated rings. The number of hydrogen-bond donors (Lipinski definition) is 1. The van der Waals surface area contributed by atoms with Gasteiger partial charge in [0.15, 0.2) is 0 Å². The molecule has 1 aromatic carbocycles. The Hall–Kier alpha value is -3.09. The molecule has 0 spiro atoms. The molecule has 1 aliphatic rings. The second-order valence-electron chi connectivity index (χ2n) is 7.64. The molecule has 3 rings (SSSR count). The highest BCUT2D eigenvalue weighted by Crippen LogP contribution is 2.27. The number of benzene rings is 1. The van der Waals surface area contributed by atoms with Crippen molar-refractivity contribution in [1.82, 2.24) is 9.88 Å². The third kappa shape index (κ3) is 5.00. The number of amides is 2. The number of para-hydroxylation sites is 2. The van der Waals surface area contributed by atoms with Gasteiger partial charge in [-0.25, -0.2) is 4.79 Å². The number of carbonyl (C=O) groups is 2. The van der Waals surface area contributed by atoms with E-state index in [0.717, 1.165) is 11.4 Å². The van der Waals surface area contributed by atoms with Crippen LogP contribution in [0.4, 0.5) is 16.2 Å². The number of nitrogens with one attached hydrogen (secondary N) is 1. The van der Waals surface area contributed by atoms with Gasteiger partial charge in [-0.2, -0.15) is 0 Å². The molecule has 2 aromatic rings. The standard InChI is InChI=1S/C21H26N4O3/c1-21(2,3)28-20(27)25-14-12-24(13-15-25)18-10-5-4-8-16(18)23-19(26)17-9-6-7-11-22-17/h4-11H,12-15H2,1-3H3,(H,23,26). The number of anilines is 2. The van der Waals surface area contributed by atoms with E-state index in [0.29, 0.717) is 31.9 Å². The van der Waals surface area contributed by atoms with E-state index in [1.807, 2.05) is 45.0 Å². The molecule has 148 valence electrons. The zero-order valence-electron chi connectivity index (χ0n) is 16.5. The SMILES string of the molecule is CC(C)(C)OC(=O)N1CCN(c2ccccc2NC(=O)c2ccccn2)CC1. The zero-order chi connectivity index (χ0) is 20.1. The highest BCUT2D eigenvalue weighted by Gasteiger charge is 2.26. The van der Waals surface area contributed by atoms with Gasteiger partial charge in [0, 0.05) is 32.4 Å². The van der Waals surface area contributed by atoms with Crippen LogP contribution in [0.5, 0.6) is 0 Å². The van der Waals surface area contributed by atoms with Gasteiger partial charge in [-0.1, -0.05) is 18.2 Å². The van der Waals surface area contributed by atoms with Gasteiger partial charge in [0.1, 0.15) is 11.3 Å². The van der Waals surface area contributed by atoms with Crippen molar-refractivity contribution in [2.75, 3.05) is 36.4 Å². The van der Waals surface area contributed by atoms with E-state index in [4.69, 9.17) is 4.74 Å². The first-order chi connectivity index (χ1) is 13.3. The number of nitrogens with zero attached hydrogens (tertiary/aromatic N) is 3. The van der Waals surface area contributed by atoms with Gasteiger partial charge in [0.05, 0.1) is 11.4 Å². The summed E-state index contributed by atoms with van der Waals surface area (Å²) in [5.41, 5.74) is 1.52. The quantitative estimate of drug-likeness (QED) is 0.881. The first-order valence-electron chi connectivity index (χ1n) is 9.38. The van der Waals surface area contributed by atoms with E-state index in [-0.39, 0.29) is 12.0 Å². The molecule has 0 unspecified atom stereocenters. The van der Waals surface area contributed by atoms with Crippen molar-refractivity contribution < 1.29 is 14.3 Å². The molecule has 1 aliphatic heterocycles. The van der Waals surface area contributed by atoms with Crippen molar-refractivity contribution in [1.29, 1.82) is 0 Å². The third-order valence-electron chi connectivity index (χ3n) is 4.32. The molecule has 2 heterocycles. The smallest absolute Gasteiger partial charge is 0.410 e. The number of piperazine rings is 1. The van der Waals surface area contributed by atoms with Gasteiger partial charge in [-0.15, -0.1) is 0 Å². The summed E-state index contributed by atoms with van der Waals surface area (Å²) < 4.78 is 5.45. The van der Waals surface area contributed by atoms with Crippen LogP contribution in [0.25, 0.3) is 0 Å². The monoisotopic (exact) mass is 382 g/mol. The lowest BCUT2D eigenvalue weighted by molar-refractivity contribution is 0.0240.